The van der Waals surface area contributed by atoms with Crippen LogP contribution in [0.15, 0.2) is 42.5 Å². The summed E-state index contributed by atoms with van der Waals surface area (Å²) >= 11 is 0. The molecule has 0 radical (unpaired) electrons. The van der Waals surface area contributed by atoms with Crippen molar-refractivity contribution in [2.75, 3.05) is 14.2 Å². The molecular weight excluding hydrogens is 344 g/mol. The van der Waals surface area contributed by atoms with E-state index in [4.69, 9.17) is 9.47 Å². The standard InChI is InChI=1S/C19H19F2NO4/c1-25-15-7-3-12(4-8-15)9-17(19(24)26-2)22-18(23)10-13-5-6-14(20)11-16(13)21/h3-8,11,17H,9-10H2,1-2H3,(H,22,23)/t17-/m0/s1. The van der Waals surface area contributed by atoms with Gasteiger partial charge in [-0.25, -0.2) is 13.6 Å². The minimum Gasteiger partial charge on any atom is -0.497 e. The molecule has 0 aliphatic rings. The Bertz CT molecular complexity index is 778. The first-order valence-corrected chi connectivity index (χ1v) is 7.87. The van der Waals surface area contributed by atoms with Crippen molar-refractivity contribution in [1.29, 1.82) is 0 Å². The summed E-state index contributed by atoms with van der Waals surface area (Å²) in [5.41, 5.74) is 0.825. The quantitative estimate of drug-likeness (QED) is 0.768. The van der Waals surface area contributed by atoms with Crippen LogP contribution in [0.3, 0.4) is 0 Å². The summed E-state index contributed by atoms with van der Waals surface area (Å²) in [4.78, 5) is 24.1. The zero-order chi connectivity index (χ0) is 19.1. The molecule has 2 aromatic carbocycles. The average Bonchev–Trinajstić information content (AvgIpc) is 2.63. The molecule has 0 spiro atoms. The lowest BCUT2D eigenvalue weighted by Crippen LogP contribution is -2.43. The third kappa shape index (κ3) is 5.27. The molecule has 1 atom stereocenters. The molecule has 0 unspecified atom stereocenters. The van der Waals surface area contributed by atoms with Crippen molar-refractivity contribution in [3.05, 3.63) is 65.2 Å². The monoisotopic (exact) mass is 363 g/mol. The van der Waals surface area contributed by atoms with E-state index in [1.54, 1.807) is 31.4 Å². The summed E-state index contributed by atoms with van der Waals surface area (Å²) < 4.78 is 36.4. The molecule has 0 bridgehead atoms. The third-order valence-corrected chi connectivity index (χ3v) is 3.79. The van der Waals surface area contributed by atoms with Gasteiger partial charge >= 0.3 is 5.97 Å². The summed E-state index contributed by atoms with van der Waals surface area (Å²) in [5, 5.41) is 2.53. The van der Waals surface area contributed by atoms with Gasteiger partial charge in [0.1, 0.15) is 23.4 Å². The van der Waals surface area contributed by atoms with Gasteiger partial charge in [-0.05, 0) is 29.3 Å². The Morgan fingerprint density at radius 2 is 1.77 bits per heavy atom. The van der Waals surface area contributed by atoms with Crippen LogP contribution in [0.1, 0.15) is 11.1 Å². The average molecular weight is 363 g/mol. The number of hydrogen-bond donors (Lipinski definition) is 1. The third-order valence-electron chi connectivity index (χ3n) is 3.79. The van der Waals surface area contributed by atoms with E-state index in [0.717, 1.165) is 11.6 Å². The Balaban J connectivity index is 2.06. The van der Waals surface area contributed by atoms with Crippen molar-refractivity contribution in [2.45, 2.75) is 18.9 Å². The minimum atomic E-state index is -0.926. The first-order valence-electron chi connectivity index (χ1n) is 7.87. The van der Waals surface area contributed by atoms with Gasteiger partial charge in [0, 0.05) is 12.5 Å². The Morgan fingerprint density at radius 3 is 2.35 bits per heavy atom. The predicted octanol–water partition coefficient (Wildman–Crippen LogP) is 2.42. The van der Waals surface area contributed by atoms with Crippen LogP contribution >= 0.6 is 0 Å². The minimum absolute atomic E-state index is 0.0389. The first-order chi connectivity index (χ1) is 12.4. The fraction of sp³-hybridized carbons (Fsp3) is 0.263. The van der Waals surface area contributed by atoms with Gasteiger partial charge in [-0.1, -0.05) is 18.2 Å². The van der Waals surface area contributed by atoms with E-state index >= 15 is 0 Å². The SMILES string of the molecule is COC(=O)[C@H](Cc1ccc(OC)cc1)NC(=O)Cc1ccc(F)cc1F. The van der Waals surface area contributed by atoms with Gasteiger partial charge in [0.25, 0.3) is 0 Å². The molecule has 2 rings (SSSR count). The normalized spacial score (nSPS) is 11.5. The fourth-order valence-electron chi connectivity index (χ4n) is 2.42. The van der Waals surface area contributed by atoms with Gasteiger partial charge in [-0.2, -0.15) is 0 Å². The van der Waals surface area contributed by atoms with Crippen LogP contribution < -0.4 is 10.1 Å². The van der Waals surface area contributed by atoms with Crippen LogP contribution in [0, 0.1) is 11.6 Å². The van der Waals surface area contributed by atoms with Crippen LogP contribution in [0.4, 0.5) is 8.78 Å². The lowest BCUT2D eigenvalue weighted by molar-refractivity contribution is -0.145. The molecule has 1 N–H and O–H groups in total. The molecule has 5 nitrogen and oxygen atoms in total. The van der Waals surface area contributed by atoms with E-state index in [9.17, 15) is 18.4 Å². The Kier molecular flexibility index (Phi) is 6.66. The fourth-order valence-corrected chi connectivity index (χ4v) is 2.42. The summed E-state index contributed by atoms with van der Waals surface area (Å²) in [5.74, 6) is -2.06. The highest BCUT2D eigenvalue weighted by molar-refractivity contribution is 5.85. The maximum Gasteiger partial charge on any atom is 0.328 e. The van der Waals surface area contributed by atoms with Gasteiger partial charge in [0.2, 0.25) is 5.91 Å². The highest BCUT2D eigenvalue weighted by Crippen LogP contribution is 2.14. The number of benzene rings is 2. The number of methoxy groups -OCH3 is 2. The maximum absolute atomic E-state index is 13.7. The van der Waals surface area contributed by atoms with Crippen LogP contribution in [0.2, 0.25) is 0 Å². The van der Waals surface area contributed by atoms with Crippen LogP contribution in [-0.2, 0) is 27.2 Å². The zero-order valence-electron chi connectivity index (χ0n) is 14.4. The zero-order valence-corrected chi connectivity index (χ0v) is 14.4. The van der Waals surface area contributed by atoms with E-state index in [1.807, 2.05) is 0 Å². The summed E-state index contributed by atoms with van der Waals surface area (Å²) in [6.45, 7) is 0. The molecular formula is C19H19F2NO4. The number of esters is 1. The van der Waals surface area contributed by atoms with E-state index in [1.165, 1.54) is 13.2 Å². The Morgan fingerprint density at radius 1 is 1.08 bits per heavy atom. The first kappa shape index (κ1) is 19.4. The van der Waals surface area contributed by atoms with Crippen molar-refractivity contribution in [3.63, 3.8) is 0 Å². The number of rotatable bonds is 7. The molecule has 0 aliphatic carbocycles. The van der Waals surface area contributed by atoms with Crippen molar-refractivity contribution >= 4 is 11.9 Å². The van der Waals surface area contributed by atoms with E-state index < -0.39 is 29.6 Å². The van der Waals surface area contributed by atoms with E-state index in [2.05, 4.69) is 5.32 Å². The number of amides is 1. The second-order valence-corrected chi connectivity index (χ2v) is 5.61. The molecule has 138 valence electrons. The van der Waals surface area contributed by atoms with Gasteiger partial charge in [0.15, 0.2) is 0 Å². The number of halogens is 2. The number of ether oxygens (including phenoxy) is 2. The highest BCUT2D eigenvalue weighted by atomic mass is 19.1. The molecule has 0 saturated carbocycles. The molecule has 0 fully saturated rings. The molecule has 1 amide bonds. The topological polar surface area (TPSA) is 64.6 Å². The smallest absolute Gasteiger partial charge is 0.328 e. The van der Waals surface area contributed by atoms with Gasteiger partial charge in [-0.15, -0.1) is 0 Å². The predicted molar refractivity (Wildman–Crippen MR) is 90.7 cm³/mol. The molecule has 0 aliphatic heterocycles. The maximum atomic E-state index is 13.7. The van der Waals surface area contributed by atoms with Crippen molar-refractivity contribution in [2.24, 2.45) is 0 Å². The molecule has 0 aromatic heterocycles. The number of nitrogens with one attached hydrogen (secondary N) is 1. The van der Waals surface area contributed by atoms with Crippen molar-refractivity contribution in [1.82, 2.24) is 5.32 Å². The second-order valence-electron chi connectivity index (χ2n) is 5.61. The second kappa shape index (κ2) is 8.94. The van der Waals surface area contributed by atoms with Crippen molar-refractivity contribution in [3.8, 4) is 5.75 Å². The molecule has 7 heteroatoms. The summed E-state index contributed by atoms with van der Waals surface area (Å²) in [6, 6.07) is 9.05. The Hall–Kier alpha value is -2.96. The largest absolute Gasteiger partial charge is 0.497 e. The van der Waals surface area contributed by atoms with Gasteiger partial charge in [0.05, 0.1) is 20.6 Å². The molecule has 26 heavy (non-hydrogen) atoms. The van der Waals surface area contributed by atoms with Crippen LogP contribution in [0.5, 0.6) is 5.75 Å². The van der Waals surface area contributed by atoms with Crippen molar-refractivity contribution < 1.29 is 27.8 Å². The van der Waals surface area contributed by atoms with E-state index in [0.29, 0.717) is 11.8 Å². The van der Waals surface area contributed by atoms with Crippen LogP contribution in [-0.4, -0.2) is 32.1 Å². The molecule has 2 aromatic rings. The molecule has 0 saturated heterocycles. The number of hydrogen-bond acceptors (Lipinski definition) is 4. The lowest BCUT2D eigenvalue weighted by Gasteiger charge is -2.17. The lowest BCUT2D eigenvalue weighted by atomic mass is 10.0. The van der Waals surface area contributed by atoms with Gasteiger partial charge in [-0.3, -0.25) is 4.79 Å². The highest BCUT2D eigenvalue weighted by Gasteiger charge is 2.22. The van der Waals surface area contributed by atoms with Crippen LogP contribution in [0.25, 0.3) is 0 Å². The molecule has 0 heterocycles. The van der Waals surface area contributed by atoms with Gasteiger partial charge < -0.3 is 14.8 Å². The number of carbonyl (C=O) groups is 2. The summed E-state index contributed by atoms with van der Waals surface area (Å²) in [6.07, 6.45) is -0.115. The summed E-state index contributed by atoms with van der Waals surface area (Å²) in [7, 11) is 2.76. The number of carbonyl (C=O) groups excluding carboxylic acids is 2. The van der Waals surface area contributed by atoms with E-state index in [-0.39, 0.29) is 18.4 Å². The Labute approximate surface area is 149 Å².